The number of unbranched alkanes of at least 4 members (excludes halogenated alkanes) is 10. The summed E-state index contributed by atoms with van der Waals surface area (Å²) in [5.74, 6) is -0.657. The van der Waals surface area contributed by atoms with Crippen molar-refractivity contribution in [2.75, 3.05) is 13.2 Å². The molecule has 0 aliphatic carbocycles. The first kappa shape index (κ1) is 79.7. The molecule has 0 heterocycles. The van der Waals surface area contributed by atoms with Crippen LogP contribution in [0.5, 0.6) is 0 Å². The predicted molar refractivity (Wildman–Crippen MR) is 379 cm³/mol. The summed E-state index contributed by atoms with van der Waals surface area (Å²) >= 11 is 0. The van der Waals surface area contributed by atoms with Gasteiger partial charge in [0.05, 0.1) is 6.61 Å². The molecule has 0 aliphatic rings. The van der Waals surface area contributed by atoms with Gasteiger partial charge in [0.2, 0.25) is 0 Å². The zero-order valence-corrected chi connectivity index (χ0v) is 54.2. The van der Waals surface area contributed by atoms with Crippen molar-refractivity contribution in [3.05, 3.63) is 243 Å². The Hall–Kier alpha value is -6.30. The van der Waals surface area contributed by atoms with E-state index >= 15 is 0 Å². The second-order valence-corrected chi connectivity index (χ2v) is 21.1. The highest BCUT2D eigenvalue weighted by Gasteiger charge is 2.16. The highest BCUT2D eigenvalue weighted by atomic mass is 16.6. The Labute approximate surface area is 527 Å². The Morgan fingerprint density at radius 3 is 0.698 bits per heavy atom. The Kier molecular flexibility index (Phi) is 67.6. The number of aliphatic hydroxyl groups is 1. The molecule has 0 radical (unpaired) electrons. The van der Waals surface area contributed by atoms with Crippen LogP contribution in [0.4, 0.5) is 0 Å². The van der Waals surface area contributed by atoms with E-state index in [2.05, 4.69) is 257 Å². The second kappa shape index (κ2) is 73.0. The van der Waals surface area contributed by atoms with Gasteiger partial charge in [-0.15, -0.1) is 0 Å². The Morgan fingerprint density at radius 1 is 0.267 bits per heavy atom. The van der Waals surface area contributed by atoms with Crippen molar-refractivity contribution in [2.45, 2.75) is 238 Å². The van der Waals surface area contributed by atoms with Gasteiger partial charge in [0.15, 0.2) is 6.10 Å². The maximum absolute atomic E-state index is 12.3. The summed E-state index contributed by atoms with van der Waals surface area (Å²) in [6.45, 7) is 3.86. The van der Waals surface area contributed by atoms with Crippen LogP contribution in [-0.4, -0.2) is 36.4 Å². The van der Waals surface area contributed by atoms with Gasteiger partial charge in [0.1, 0.15) is 6.61 Å². The standard InChI is InChI=1S/C81H120O5/c1-3-5-7-9-11-13-15-17-19-21-23-25-27-29-31-33-35-36-37-38-39-40-41-42-43-44-46-48-50-52-54-56-58-60-62-64-66-68-70-72-74-76-81(84)86-79(77-82)78-85-80(83)75-73-71-69-67-65-63-61-59-57-55-53-51-49-47-45-34-32-30-28-26-24-22-20-18-16-14-12-10-8-6-4-2/h5-8,11-14,17-20,23-26,29-32,35-36,38-39,41-42,44-47,50-53,56-59,62,64,79,82H,3-4,9-10,15-16,21-22,27-28,33-34,37,40,43,48-49,54-55,60-61,63,65-78H2,1-2H3/b7-5-,8-6-,13-11-,14-12-,19-17-,20-18-,25-23-,26-24-,31-29-,32-30-,36-35-,39-38-,42-41-,46-44-,47-45-,52-50-,53-51-,58-56-,59-57-,64-62-. The molecule has 5 heteroatoms. The van der Waals surface area contributed by atoms with Crippen molar-refractivity contribution in [2.24, 2.45) is 0 Å². The zero-order chi connectivity index (χ0) is 61.9. The fourth-order valence-corrected chi connectivity index (χ4v) is 8.20. The van der Waals surface area contributed by atoms with E-state index in [4.69, 9.17) is 9.47 Å². The number of aliphatic hydroxyl groups excluding tert-OH is 1. The lowest BCUT2D eigenvalue weighted by atomic mass is 10.1. The summed E-state index contributed by atoms with van der Waals surface area (Å²) in [4.78, 5) is 24.6. The molecular weight excluding hydrogens is 1050 g/mol. The number of esters is 2. The summed E-state index contributed by atoms with van der Waals surface area (Å²) < 4.78 is 10.7. The van der Waals surface area contributed by atoms with E-state index in [0.29, 0.717) is 12.8 Å². The summed E-state index contributed by atoms with van der Waals surface area (Å²) in [5.41, 5.74) is 0. The Bertz CT molecular complexity index is 2160. The smallest absolute Gasteiger partial charge is 0.306 e. The summed E-state index contributed by atoms with van der Waals surface area (Å²) in [6.07, 6.45) is 121. The highest BCUT2D eigenvalue weighted by Crippen LogP contribution is 2.12. The van der Waals surface area contributed by atoms with Crippen LogP contribution in [0.25, 0.3) is 0 Å². The third-order valence-corrected chi connectivity index (χ3v) is 13.1. The van der Waals surface area contributed by atoms with Crippen molar-refractivity contribution in [1.82, 2.24) is 0 Å². The number of hydrogen-bond donors (Lipinski definition) is 1. The van der Waals surface area contributed by atoms with E-state index in [0.717, 1.165) is 193 Å². The van der Waals surface area contributed by atoms with Crippen LogP contribution >= 0.6 is 0 Å². The maximum atomic E-state index is 12.3. The molecule has 1 unspecified atom stereocenters. The summed E-state index contributed by atoms with van der Waals surface area (Å²) in [7, 11) is 0. The van der Waals surface area contributed by atoms with Crippen molar-refractivity contribution >= 4 is 11.9 Å². The van der Waals surface area contributed by atoms with Gasteiger partial charge >= 0.3 is 11.9 Å². The number of ether oxygens (including phenoxy) is 2. The minimum atomic E-state index is -0.814. The van der Waals surface area contributed by atoms with E-state index in [1.807, 2.05) is 0 Å². The molecule has 0 fully saturated rings. The maximum Gasteiger partial charge on any atom is 0.306 e. The van der Waals surface area contributed by atoms with Crippen LogP contribution in [0.15, 0.2) is 243 Å². The molecule has 0 aromatic rings. The van der Waals surface area contributed by atoms with Crippen LogP contribution in [0.2, 0.25) is 0 Å². The molecule has 0 aliphatic heterocycles. The largest absolute Gasteiger partial charge is 0.462 e. The molecule has 1 atom stereocenters. The third kappa shape index (κ3) is 70.2. The van der Waals surface area contributed by atoms with Crippen LogP contribution in [0.3, 0.4) is 0 Å². The van der Waals surface area contributed by atoms with Gasteiger partial charge in [0, 0.05) is 12.8 Å². The molecule has 5 nitrogen and oxygen atoms in total. The van der Waals surface area contributed by atoms with Crippen LogP contribution in [-0.2, 0) is 19.1 Å². The predicted octanol–water partition coefficient (Wildman–Crippen LogP) is 23.9. The van der Waals surface area contributed by atoms with Crippen molar-refractivity contribution < 1.29 is 24.2 Å². The first-order chi connectivity index (χ1) is 42.6. The van der Waals surface area contributed by atoms with E-state index in [-0.39, 0.29) is 25.2 Å². The molecule has 0 aromatic heterocycles. The van der Waals surface area contributed by atoms with E-state index in [9.17, 15) is 14.7 Å². The minimum Gasteiger partial charge on any atom is -0.462 e. The molecule has 86 heavy (non-hydrogen) atoms. The van der Waals surface area contributed by atoms with Gasteiger partial charge in [-0.1, -0.05) is 295 Å². The van der Waals surface area contributed by atoms with Gasteiger partial charge < -0.3 is 14.6 Å². The van der Waals surface area contributed by atoms with Gasteiger partial charge in [-0.25, -0.2) is 0 Å². The fraction of sp³-hybridized carbons (Fsp3) is 0.481. The number of carbonyl (C=O) groups is 2. The highest BCUT2D eigenvalue weighted by molar-refractivity contribution is 5.70. The molecule has 0 aromatic carbocycles. The molecule has 0 saturated heterocycles. The number of carbonyl (C=O) groups excluding carboxylic acids is 2. The van der Waals surface area contributed by atoms with Crippen LogP contribution < -0.4 is 0 Å². The monoisotopic (exact) mass is 1170 g/mol. The fourth-order valence-electron chi connectivity index (χ4n) is 8.20. The normalized spacial score (nSPS) is 13.8. The summed E-state index contributed by atoms with van der Waals surface area (Å²) in [5, 5.41) is 9.69. The zero-order valence-electron chi connectivity index (χ0n) is 54.2. The average molecular weight is 1170 g/mol. The van der Waals surface area contributed by atoms with E-state index in [1.165, 1.54) is 12.8 Å². The average Bonchev–Trinajstić information content (AvgIpc) is 3.54. The van der Waals surface area contributed by atoms with Crippen LogP contribution in [0, 0.1) is 0 Å². The molecule has 1 N–H and O–H groups in total. The van der Waals surface area contributed by atoms with Gasteiger partial charge in [-0.3, -0.25) is 9.59 Å². The van der Waals surface area contributed by atoms with Crippen LogP contribution in [0.1, 0.15) is 232 Å². The number of allylic oxidation sites excluding steroid dienone is 40. The lowest BCUT2D eigenvalue weighted by molar-refractivity contribution is -0.161. The molecular formula is C81H120O5. The van der Waals surface area contributed by atoms with Crippen molar-refractivity contribution in [3.63, 3.8) is 0 Å². The lowest BCUT2D eigenvalue weighted by Gasteiger charge is -2.15. The number of rotatable bonds is 58. The third-order valence-electron chi connectivity index (χ3n) is 13.1. The first-order valence-electron chi connectivity index (χ1n) is 33.6. The van der Waals surface area contributed by atoms with Gasteiger partial charge in [-0.2, -0.15) is 0 Å². The Morgan fingerprint density at radius 2 is 0.465 bits per heavy atom. The molecule has 0 saturated carbocycles. The van der Waals surface area contributed by atoms with Crippen molar-refractivity contribution in [3.8, 4) is 0 Å². The van der Waals surface area contributed by atoms with E-state index in [1.54, 1.807) is 0 Å². The van der Waals surface area contributed by atoms with Gasteiger partial charge in [-0.05, 0) is 167 Å². The van der Waals surface area contributed by atoms with Crippen molar-refractivity contribution in [1.29, 1.82) is 0 Å². The Balaban J connectivity index is 3.71. The molecule has 474 valence electrons. The molecule has 0 amide bonds. The SMILES string of the molecule is CC/C=C\C/C=C\C/C=C\C/C=C\C/C=C\C/C=C\C/C=C\C/C=C\C/C=C\C/C=C\C/C=C\C/C=C\CCCCCCC(=O)OC(CO)COC(=O)CCCCCCCC/C=C\C/C=C\C/C=C\C/C=C\C/C=C\C/C=C\C/C=C\C/C=C\CC. The molecule has 0 bridgehead atoms. The molecule has 0 spiro atoms. The summed E-state index contributed by atoms with van der Waals surface area (Å²) in [6, 6.07) is 0. The van der Waals surface area contributed by atoms with Gasteiger partial charge in [0.25, 0.3) is 0 Å². The molecule has 0 rings (SSSR count). The minimum absolute atomic E-state index is 0.102. The second-order valence-electron chi connectivity index (χ2n) is 21.1. The number of hydrogen-bond acceptors (Lipinski definition) is 5. The van der Waals surface area contributed by atoms with E-state index < -0.39 is 6.10 Å². The first-order valence-corrected chi connectivity index (χ1v) is 33.6. The topological polar surface area (TPSA) is 72.8 Å². The quantitative estimate of drug-likeness (QED) is 0.0373. The lowest BCUT2D eigenvalue weighted by Crippen LogP contribution is -2.28.